The molecular formula is C17H21N5O. The SMILES string of the molecule is c1ccc2c(c1)CCCN2c1cnnc(NCC2CCCO2)n1. The van der Waals surface area contributed by atoms with Crippen LogP contribution in [0.3, 0.4) is 0 Å². The van der Waals surface area contributed by atoms with Crippen LogP contribution in [-0.2, 0) is 11.2 Å². The van der Waals surface area contributed by atoms with E-state index in [-0.39, 0.29) is 6.10 Å². The summed E-state index contributed by atoms with van der Waals surface area (Å²) < 4.78 is 5.62. The second kappa shape index (κ2) is 6.50. The molecule has 0 bridgehead atoms. The number of hydrogen-bond donors (Lipinski definition) is 1. The Bertz CT molecular complexity index is 672. The fourth-order valence-electron chi connectivity index (χ4n) is 3.28. The molecule has 2 aliphatic rings. The largest absolute Gasteiger partial charge is 0.376 e. The van der Waals surface area contributed by atoms with Crippen LogP contribution in [0.4, 0.5) is 17.5 Å². The average Bonchev–Trinajstić information content (AvgIpc) is 3.13. The zero-order chi connectivity index (χ0) is 15.5. The Morgan fingerprint density at radius 2 is 2.22 bits per heavy atom. The van der Waals surface area contributed by atoms with E-state index in [0.29, 0.717) is 5.95 Å². The highest BCUT2D eigenvalue weighted by atomic mass is 16.5. The molecule has 1 atom stereocenters. The number of rotatable bonds is 4. The second-order valence-electron chi connectivity index (χ2n) is 6.04. The van der Waals surface area contributed by atoms with Gasteiger partial charge in [0.05, 0.1) is 12.3 Å². The molecule has 1 saturated heterocycles. The number of aryl methyl sites for hydroxylation is 1. The first-order valence-electron chi connectivity index (χ1n) is 8.31. The predicted octanol–water partition coefficient (Wildman–Crippen LogP) is 2.55. The van der Waals surface area contributed by atoms with E-state index in [0.717, 1.165) is 51.2 Å². The minimum Gasteiger partial charge on any atom is -0.376 e. The second-order valence-corrected chi connectivity index (χ2v) is 6.04. The van der Waals surface area contributed by atoms with E-state index in [4.69, 9.17) is 4.74 Å². The Balaban J connectivity index is 1.52. The Kier molecular flexibility index (Phi) is 4.06. The summed E-state index contributed by atoms with van der Waals surface area (Å²) in [6.07, 6.45) is 6.47. The monoisotopic (exact) mass is 311 g/mol. The number of benzene rings is 1. The lowest BCUT2D eigenvalue weighted by atomic mass is 10.0. The number of ether oxygens (including phenoxy) is 1. The zero-order valence-corrected chi connectivity index (χ0v) is 13.1. The number of nitrogens with one attached hydrogen (secondary N) is 1. The van der Waals surface area contributed by atoms with E-state index >= 15 is 0 Å². The summed E-state index contributed by atoms with van der Waals surface area (Å²) in [5.74, 6) is 1.42. The summed E-state index contributed by atoms with van der Waals surface area (Å²) in [6.45, 7) is 2.55. The van der Waals surface area contributed by atoms with Crippen molar-refractivity contribution in [3.05, 3.63) is 36.0 Å². The number of aromatic nitrogens is 3. The van der Waals surface area contributed by atoms with Gasteiger partial charge in [-0.25, -0.2) is 0 Å². The Labute approximate surface area is 135 Å². The molecule has 6 nitrogen and oxygen atoms in total. The van der Waals surface area contributed by atoms with Crippen LogP contribution >= 0.6 is 0 Å². The summed E-state index contributed by atoms with van der Waals surface area (Å²) in [5.41, 5.74) is 2.59. The van der Waals surface area contributed by atoms with Crippen LogP contribution in [0.1, 0.15) is 24.8 Å². The highest BCUT2D eigenvalue weighted by molar-refractivity contribution is 5.65. The third kappa shape index (κ3) is 3.12. The van der Waals surface area contributed by atoms with Gasteiger partial charge in [0, 0.05) is 25.4 Å². The van der Waals surface area contributed by atoms with Crippen LogP contribution in [-0.4, -0.2) is 41.0 Å². The number of fused-ring (bicyclic) bond motifs is 1. The molecule has 1 aromatic heterocycles. The molecule has 1 fully saturated rings. The van der Waals surface area contributed by atoms with Crippen molar-refractivity contribution < 1.29 is 4.74 Å². The first-order chi connectivity index (χ1) is 11.4. The van der Waals surface area contributed by atoms with Crippen molar-refractivity contribution in [1.29, 1.82) is 0 Å². The molecule has 0 amide bonds. The summed E-state index contributed by atoms with van der Waals surface area (Å²) in [6, 6.07) is 8.50. The van der Waals surface area contributed by atoms with Gasteiger partial charge in [-0.2, -0.15) is 10.1 Å². The van der Waals surface area contributed by atoms with Crippen molar-refractivity contribution in [3.8, 4) is 0 Å². The smallest absolute Gasteiger partial charge is 0.244 e. The molecule has 1 N–H and O–H groups in total. The van der Waals surface area contributed by atoms with Crippen molar-refractivity contribution in [3.63, 3.8) is 0 Å². The maximum atomic E-state index is 5.62. The number of para-hydroxylation sites is 1. The topological polar surface area (TPSA) is 63.2 Å². The van der Waals surface area contributed by atoms with Crippen LogP contribution in [0.5, 0.6) is 0 Å². The Morgan fingerprint density at radius 3 is 3.13 bits per heavy atom. The highest BCUT2D eigenvalue weighted by Crippen LogP contribution is 2.31. The molecule has 2 aliphatic heterocycles. The van der Waals surface area contributed by atoms with Gasteiger partial charge in [0.15, 0.2) is 5.82 Å². The normalized spacial score (nSPS) is 20.3. The lowest BCUT2D eigenvalue weighted by Crippen LogP contribution is -2.26. The molecule has 23 heavy (non-hydrogen) atoms. The van der Waals surface area contributed by atoms with Gasteiger partial charge >= 0.3 is 0 Å². The summed E-state index contributed by atoms with van der Waals surface area (Å²) in [7, 11) is 0. The molecule has 0 aliphatic carbocycles. The number of anilines is 3. The highest BCUT2D eigenvalue weighted by Gasteiger charge is 2.20. The van der Waals surface area contributed by atoms with Crippen molar-refractivity contribution in [2.45, 2.75) is 31.8 Å². The van der Waals surface area contributed by atoms with E-state index in [1.807, 2.05) is 0 Å². The minimum atomic E-state index is 0.262. The van der Waals surface area contributed by atoms with Gasteiger partial charge in [0.25, 0.3) is 0 Å². The summed E-state index contributed by atoms with van der Waals surface area (Å²) in [5, 5.41) is 11.5. The van der Waals surface area contributed by atoms with Gasteiger partial charge in [0.2, 0.25) is 5.95 Å². The fourth-order valence-corrected chi connectivity index (χ4v) is 3.28. The third-order valence-electron chi connectivity index (χ3n) is 4.44. The molecule has 0 saturated carbocycles. The summed E-state index contributed by atoms with van der Waals surface area (Å²) >= 11 is 0. The molecule has 1 unspecified atom stereocenters. The average molecular weight is 311 g/mol. The first-order valence-corrected chi connectivity index (χ1v) is 8.31. The van der Waals surface area contributed by atoms with E-state index in [1.54, 1.807) is 6.20 Å². The van der Waals surface area contributed by atoms with Crippen molar-refractivity contribution in [2.24, 2.45) is 0 Å². The standard InChI is InChI=1S/C17H21N5O/c1-2-8-15-13(5-1)6-3-9-22(15)16-12-19-21-17(20-16)18-11-14-7-4-10-23-14/h1-2,5,8,12,14H,3-4,6-7,9-11H2,(H,18,20,21). The number of hydrogen-bond acceptors (Lipinski definition) is 6. The molecule has 3 heterocycles. The molecule has 6 heteroatoms. The molecule has 1 aromatic carbocycles. The van der Waals surface area contributed by atoms with E-state index in [9.17, 15) is 0 Å². The molecule has 120 valence electrons. The first kappa shape index (κ1) is 14.4. The molecule has 0 radical (unpaired) electrons. The zero-order valence-electron chi connectivity index (χ0n) is 13.1. The Hall–Kier alpha value is -2.21. The van der Waals surface area contributed by atoms with Crippen molar-refractivity contribution in [2.75, 3.05) is 29.9 Å². The predicted molar refractivity (Wildman–Crippen MR) is 89.1 cm³/mol. The van der Waals surface area contributed by atoms with E-state index in [2.05, 4.69) is 49.7 Å². The van der Waals surface area contributed by atoms with Crippen molar-refractivity contribution >= 4 is 17.5 Å². The van der Waals surface area contributed by atoms with E-state index < -0.39 is 0 Å². The van der Waals surface area contributed by atoms with Crippen molar-refractivity contribution in [1.82, 2.24) is 15.2 Å². The fraction of sp³-hybridized carbons (Fsp3) is 0.471. The van der Waals surface area contributed by atoms with E-state index in [1.165, 1.54) is 11.3 Å². The van der Waals surface area contributed by atoms with Gasteiger partial charge in [-0.1, -0.05) is 18.2 Å². The van der Waals surface area contributed by atoms with Gasteiger partial charge in [0.1, 0.15) is 0 Å². The minimum absolute atomic E-state index is 0.262. The maximum absolute atomic E-state index is 5.62. The molecule has 2 aromatic rings. The maximum Gasteiger partial charge on any atom is 0.244 e. The van der Waals surface area contributed by atoms with Gasteiger partial charge < -0.3 is 15.0 Å². The molecule has 4 rings (SSSR count). The number of nitrogens with zero attached hydrogens (tertiary/aromatic N) is 4. The van der Waals surface area contributed by atoms with Gasteiger partial charge in [-0.05, 0) is 37.3 Å². The molecule has 0 spiro atoms. The van der Waals surface area contributed by atoms with Gasteiger partial charge in [-0.15, -0.1) is 5.10 Å². The lowest BCUT2D eigenvalue weighted by Gasteiger charge is -2.30. The Morgan fingerprint density at radius 1 is 1.26 bits per heavy atom. The van der Waals surface area contributed by atoms with Crippen LogP contribution in [0.15, 0.2) is 30.5 Å². The van der Waals surface area contributed by atoms with Crippen LogP contribution in [0.25, 0.3) is 0 Å². The third-order valence-corrected chi connectivity index (χ3v) is 4.44. The lowest BCUT2D eigenvalue weighted by molar-refractivity contribution is 0.120. The van der Waals surface area contributed by atoms with Crippen LogP contribution in [0.2, 0.25) is 0 Å². The van der Waals surface area contributed by atoms with Crippen LogP contribution in [0, 0.1) is 0 Å². The van der Waals surface area contributed by atoms with Gasteiger partial charge in [-0.3, -0.25) is 0 Å². The summed E-state index contributed by atoms with van der Waals surface area (Å²) in [4.78, 5) is 6.87. The molecular weight excluding hydrogens is 290 g/mol. The van der Waals surface area contributed by atoms with Crippen LogP contribution < -0.4 is 10.2 Å². The quantitative estimate of drug-likeness (QED) is 0.936.